The van der Waals surface area contributed by atoms with Gasteiger partial charge < -0.3 is 9.47 Å². The van der Waals surface area contributed by atoms with Gasteiger partial charge in [-0.25, -0.2) is 9.59 Å². The first-order valence-corrected chi connectivity index (χ1v) is 4.23. The van der Waals surface area contributed by atoms with E-state index in [1.165, 1.54) is 6.92 Å². The lowest BCUT2D eigenvalue weighted by molar-refractivity contribution is 0.0587. The van der Waals surface area contributed by atoms with Crippen molar-refractivity contribution in [3.8, 4) is 0 Å². The van der Waals surface area contributed by atoms with E-state index in [0.717, 1.165) is 0 Å². The Hall–Kier alpha value is -1.72. The number of nitrogens with zero attached hydrogens (tertiary/aromatic N) is 2. The summed E-state index contributed by atoms with van der Waals surface area (Å²) in [6.07, 6.45) is -1.95. The van der Waals surface area contributed by atoms with E-state index in [4.69, 9.17) is 4.74 Å². The SMILES string of the molecule is C=C(C)OC(=O)N=NC(=O)OC(C)(C)C. The van der Waals surface area contributed by atoms with Crippen LogP contribution in [0.1, 0.15) is 27.7 Å². The lowest BCUT2D eigenvalue weighted by Gasteiger charge is -2.16. The number of rotatable bonds is 1. The fourth-order valence-electron chi connectivity index (χ4n) is 0.533. The first kappa shape index (κ1) is 13.3. The molecular formula is C9H14N2O4. The predicted molar refractivity (Wildman–Crippen MR) is 52.4 cm³/mol. The Balaban J connectivity index is 4.12. The molecule has 2 amide bonds. The lowest BCUT2D eigenvalue weighted by Crippen LogP contribution is -2.21. The molecule has 0 aromatic heterocycles. The monoisotopic (exact) mass is 214 g/mol. The number of carbonyl (C=O) groups excluding carboxylic acids is 2. The average Bonchev–Trinajstić information content (AvgIpc) is 1.96. The van der Waals surface area contributed by atoms with Crippen molar-refractivity contribution in [1.82, 2.24) is 0 Å². The van der Waals surface area contributed by atoms with E-state index in [0.29, 0.717) is 0 Å². The van der Waals surface area contributed by atoms with Crippen LogP contribution in [0.25, 0.3) is 0 Å². The van der Waals surface area contributed by atoms with Crippen molar-refractivity contribution >= 4 is 12.2 Å². The number of allylic oxidation sites excluding steroid dienone is 1. The van der Waals surface area contributed by atoms with Crippen LogP contribution in [0.3, 0.4) is 0 Å². The Morgan fingerprint density at radius 3 is 2.00 bits per heavy atom. The van der Waals surface area contributed by atoms with Gasteiger partial charge in [0.25, 0.3) is 0 Å². The van der Waals surface area contributed by atoms with Crippen LogP contribution in [0.2, 0.25) is 0 Å². The van der Waals surface area contributed by atoms with Gasteiger partial charge in [-0.1, -0.05) is 16.8 Å². The van der Waals surface area contributed by atoms with Crippen LogP contribution in [-0.4, -0.2) is 17.8 Å². The Morgan fingerprint density at radius 1 is 1.13 bits per heavy atom. The summed E-state index contributed by atoms with van der Waals surface area (Å²) in [6, 6.07) is 0. The van der Waals surface area contributed by atoms with E-state index >= 15 is 0 Å². The first-order chi connectivity index (χ1) is 6.70. The topological polar surface area (TPSA) is 77.3 Å². The minimum Gasteiger partial charge on any atom is -0.441 e. The van der Waals surface area contributed by atoms with Gasteiger partial charge in [-0.3, -0.25) is 0 Å². The molecule has 0 fully saturated rings. The highest BCUT2D eigenvalue weighted by Gasteiger charge is 2.16. The van der Waals surface area contributed by atoms with Gasteiger partial charge in [0.2, 0.25) is 0 Å². The van der Waals surface area contributed by atoms with E-state index in [-0.39, 0.29) is 5.76 Å². The smallest absolute Gasteiger partial charge is 0.441 e. The highest BCUT2D eigenvalue weighted by Crippen LogP contribution is 2.08. The van der Waals surface area contributed by atoms with Gasteiger partial charge in [-0.15, -0.1) is 0 Å². The van der Waals surface area contributed by atoms with E-state index in [9.17, 15) is 9.59 Å². The summed E-state index contributed by atoms with van der Waals surface area (Å²) < 4.78 is 9.19. The standard InChI is InChI=1S/C9H14N2O4/c1-6(2)14-7(12)10-11-8(13)15-9(3,4)5/h1H2,2-5H3. The second-order valence-corrected chi connectivity index (χ2v) is 3.75. The van der Waals surface area contributed by atoms with Crippen molar-refractivity contribution < 1.29 is 19.1 Å². The Kier molecular flexibility index (Phi) is 4.63. The molecule has 6 nitrogen and oxygen atoms in total. The third kappa shape index (κ3) is 8.61. The maximum Gasteiger partial charge on any atom is 0.457 e. The molecule has 0 aliphatic carbocycles. The van der Waals surface area contributed by atoms with E-state index in [1.807, 2.05) is 0 Å². The fraction of sp³-hybridized carbons (Fsp3) is 0.556. The number of hydrogen-bond donors (Lipinski definition) is 0. The van der Waals surface area contributed by atoms with Crippen molar-refractivity contribution in [2.45, 2.75) is 33.3 Å². The summed E-state index contributed by atoms with van der Waals surface area (Å²) in [4.78, 5) is 21.7. The molecule has 0 aromatic carbocycles. The van der Waals surface area contributed by atoms with E-state index < -0.39 is 17.8 Å². The first-order valence-electron chi connectivity index (χ1n) is 4.23. The van der Waals surface area contributed by atoms with Gasteiger partial charge >= 0.3 is 12.2 Å². The minimum atomic E-state index is -1.01. The zero-order valence-corrected chi connectivity index (χ0v) is 9.23. The fourth-order valence-corrected chi connectivity index (χ4v) is 0.533. The highest BCUT2D eigenvalue weighted by molar-refractivity contribution is 5.73. The number of azo groups is 1. The molecule has 15 heavy (non-hydrogen) atoms. The maximum absolute atomic E-state index is 10.9. The van der Waals surface area contributed by atoms with Crippen LogP contribution >= 0.6 is 0 Å². The zero-order chi connectivity index (χ0) is 12.1. The molecule has 6 heteroatoms. The molecule has 0 atom stereocenters. The van der Waals surface area contributed by atoms with Crippen LogP contribution in [-0.2, 0) is 9.47 Å². The quantitative estimate of drug-likeness (QED) is 0.496. The lowest BCUT2D eigenvalue weighted by atomic mass is 10.2. The van der Waals surface area contributed by atoms with Gasteiger partial charge in [0.15, 0.2) is 0 Å². The molecule has 0 heterocycles. The number of hydrogen-bond acceptors (Lipinski definition) is 4. The molecule has 0 bridgehead atoms. The van der Waals surface area contributed by atoms with Gasteiger partial charge in [0.05, 0.1) is 5.76 Å². The molecular weight excluding hydrogens is 200 g/mol. The molecule has 0 radical (unpaired) electrons. The summed E-state index contributed by atoms with van der Waals surface area (Å²) in [5, 5.41) is 5.99. The molecule has 0 unspecified atom stereocenters. The third-order valence-corrected chi connectivity index (χ3v) is 0.868. The number of ether oxygens (including phenoxy) is 2. The van der Waals surface area contributed by atoms with Gasteiger partial charge in [0.1, 0.15) is 5.60 Å². The van der Waals surface area contributed by atoms with Crippen molar-refractivity contribution in [3.63, 3.8) is 0 Å². The number of amides is 2. The summed E-state index contributed by atoms with van der Waals surface area (Å²) in [5.41, 5.74) is -0.672. The van der Waals surface area contributed by atoms with E-state index in [2.05, 4.69) is 21.5 Å². The molecule has 0 saturated heterocycles. The van der Waals surface area contributed by atoms with E-state index in [1.54, 1.807) is 20.8 Å². The van der Waals surface area contributed by atoms with Gasteiger partial charge in [0, 0.05) is 0 Å². The molecule has 0 N–H and O–H groups in total. The van der Waals surface area contributed by atoms with Crippen LogP contribution < -0.4 is 0 Å². The summed E-state index contributed by atoms with van der Waals surface area (Å²) in [6.45, 7) is 9.81. The summed E-state index contributed by atoms with van der Waals surface area (Å²) >= 11 is 0. The summed E-state index contributed by atoms with van der Waals surface area (Å²) in [7, 11) is 0. The molecule has 0 aromatic rings. The second kappa shape index (κ2) is 5.23. The highest BCUT2D eigenvalue weighted by atomic mass is 16.6. The van der Waals surface area contributed by atoms with Crippen molar-refractivity contribution in [3.05, 3.63) is 12.3 Å². The molecule has 84 valence electrons. The minimum absolute atomic E-state index is 0.170. The third-order valence-electron chi connectivity index (χ3n) is 0.868. The Morgan fingerprint density at radius 2 is 1.60 bits per heavy atom. The maximum atomic E-state index is 10.9. The molecule has 0 spiro atoms. The molecule has 0 aliphatic rings. The number of carbonyl (C=O) groups is 2. The predicted octanol–water partition coefficient (Wildman–Crippen LogP) is 3.04. The zero-order valence-electron chi connectivity index (χ0n) is 9.23. The van der Waals surface area contributed by atoms with Crippen LogP contribution in [0.15, 0.2) is 22.6 Å². The Labute approximate surface area is 88.0 Å². The van der Waals surface area contributed by atoms with Crippen LogP contribution in [0.4, 0.5) is 9.59 Å². The molecule has 0 aliphatic heterocycles. The van der Waals surface area contributed by atoms with Gasteiger partial charge in [-0.2, -0.15) is 0 Å². The van der Waals surface area contributed by atoms with Gasteiger partial charge in [-0.05, 0) is 27.7 Å². The Bertz CT molecular complexity index is 302. The molecule has 0 rings (SSSR count). The molecule has 0 saturated carbocycles. The van der Waals surface area contributed by atoms with Crippen LogP contribution in [0.5, 0.6) is 0 Å². The largest absolute Gasteiger partial charge is 0.457 e. The normalized spacial score (nSPS) is 11.2. The second-order valence-electron chi connectivity index (χ2n) is 3.75. The average molecular weight is 214 g/mol. The van der Waals surface area contributed by atoms with Crippen molar-refractivity contribution in [2.24, 2.45) is 10.2 Å². The summed E-state index contributed by atoms with van der Waals surface area (Å²) in [5.74, 6) is 0.170. The van der Waals surface area contributed by atoms with Crippen molar-refractivity contribution in [2.75, 3.05) is 0 Å². The van der Waals surface area contributed by atoms with Crippen molar-refractivity contribution in [1.29, 1.82) is 0 Å². The van der Waals surface area contributed by atoms with Crippen LogP contribution in [0, 0.1) is 0 Å².